The van der Waals surface area contributed by atoms with E-state index in [4.69, 9.17) is 27.2 Å². The van der Waals surface area contributed by atoms with E-state index in [1.165, 1.54) is 0 Å². The van der Waals surface area contributed by atoms with Gasteiger partial charge in [0.1, 0.15) is 0 Å². The molecular formula is C9H15ClN4O2. The van der Waals surface area contributed by atoms with Crippen LogP contribution in [0.1, 0.15) is 5.69 Å². The first-order valence-electron chi connectivity index (χ1n) is 4.87. The largest absolute Gasteiger partial charge is 0.394 e. The number of halogens is 1. The molecule has 16 heavy (non-hydrogen) atoms. The van der Waals surface area contributed by atoms with Gasteiger partial charge in [0, 0.05) is 6.54 Å². The normalized spacial score (nSPS) is 10.4. The summed E-state index contributed by atoms with van der Waals surface area (Å²) in [4.78, 5) is 7.88. The predicted molar refractivity (Wildman–Crippen MR) is 62.6 cm³/mol. The summed E-state index contributed by atoms with van der Waals surface area (Å²) in [5.74, 6) is 0.505. The van der Waals surface area contributed by atoms with Gasteiger partial charge >= 0.3 is 0 Å². The quantitative estimate of drug-likeness (QED) is 0.498. The molecule has 0 saturated carbocycles. The van der Waals surface area contributed by atoms with Gasteiger partial charge in [0.2, 0.25) is 5.28 Å². The number of nitrogen functional groups attached to an aromatic ring is 1. The summed E-state index contributed by atoms with van der Waals surface area (Å²) >= 11 is 5.70. The maximum Gasteiger partial charge on any atom is 0.224 e. The fourth-order valence-electron chi connectivity index (χ4n) is 1.09. The number of aromatic nitrogens is 2. The first-order valence-corrected chi connectivity index (χ1v) is 5.25. The van der Waals surface area contributed by atoms with Gasteiger partial charge in [0.05, 0.1) is 31.2 Å². The maximum atomic E-state index is 8.50. The molecule has 1 heterocycles. The number of hydrogen-bond acceptors (Lipinski definition) is 6. The van der Waals surface area contributed by atoms with Crippen LogP contribution in [0.5, 0.6) is 0 Å². The number of nitrogens with two attached hydrogens (primary N) is 1. The van der Waals surface area contributed by atoms with Gasteiger partial charge in [-0.2, -0.15) is 4.98 Å². The number of anilines is 2. The lowest BCUT2D eigenvalue weighted by atomic mass is 10.3. The van der Waals surface area contributed by atoms with Crippen molar-refractivity contribution in [1.82, 2.24) is 9.97 Å². The van der Waals surface area contributed by atoms with Crippen LogP contribution in [0.2, 0.25) is 5.28 Å². The number of rotatable bonds is 6. The minimum atomic E-state index is 0.0145. The fraction of sp³-hybridized carbons (Fsp3) is 0.556. The van der Waals surface area contributed by atoms with Crippen molar-refractivity contribution in [2.75, 3.05) is 37.4 Å². The number of nitrogens with zero attached hydrogens (tertiary/aromatic N) is 2. The van der Waals surface area contributed by atoms with E-state index < -0.39 is 0 Å². The minimum Gasteiger partial charge on any atom is -0.394 e. The molecule has 0 atom stereocenters. The Morgan fingerprint density at radius 1 is 1.44 bits per heavy atom. The number of aliphatic hydroxyl groups is 1. The zero-order valence-corrected chi connectivity index (χ0v) is 9.79. The van der Waals surface area contributed by atoms with E-state index >= 15 is 0 Å². The summed E-state index contributed by atoms with van der Waals surface area (Å²) in [6.45, 7) is 3.09. The van der Waals surface area contributed by atoms with Crippen molar-refractivity contribution in [3.63, 3.8) is 0 Å². The molecule has 0 aromatic carbocycles. The minimum absolute atomic E-state index is 0.0145. The molecule has 0 radical (unpaired) electrons. The molecule has 0 amide bonds. The molecule has 90 valence electrons. The van der Waals surface area contributed by atoms with Crippen molar-refractivity contribution >= 4 is 23.1 Å². The molecule has 0 aliphatic heterocycles. The summed E-state index contributed by atoms with van der Waals surface area (Å²) in [6, 6.07) is 0. The molecule has 4 N–H and O–H groups in total. The second-order valence-corrected chi connectivity index (χ2v) is 3.44. The van der Waals surface area contributed by atoms with Crippen molar-refractivity contribution < 1.29 is 9.84 Å². The average molecular weight is 247 g/mol. The van der Waals surface area contributed by atoms with E-state index in [-0.39, 0.29) is 11.9 Å². The zero-order chi connectivity index (χ0) is 12.0. The lowest BCUT2D eigenvalue weighted by Crippen LogP contribution is -2.14. The predicted octanol–water partition coefficient (Wildman–Crippen LogP) is 0.441. The second-order valence-electron chi connectivity index (χ2n) is 3.10. The smallest absolute Gasteiger partial charge is 0.224 e. The summed E-state index contributed by atoms with van der Waals surface area (Å²) in [7, 11) is 0. The van der Waals surface area contributed by atoms with Gasteiger partial charge in [-0.15, -0.1) is 0 Å². The Bertz CT molecular complexity index is 349. The standard InChI is InChI=1S/C9H15ClN4O2/c1-6-7(11)8(14-9(10)13-6)12-2-4-16-5-3-15/h15H,2-5,11H2,1H3,(H,12,13,14). The summed E-state index contributed by atoms with van der Waals surface area (Å²) in [6.07, 6.45) is 0. The lowest BCUT2D eigenvalue weighted by Gasteiger charge is -2.10. The number of hydrogen-bond donors (Lipinski definition) is 3. The van der Waals surface area contributed by atoms with Crippen LogP contribution >= 0.6 is 11.6 Å². The Morgan fingerprint density at radius 3 is 2.88 bits per heavy atom. The van der Waals surface area contributed by atoms with E-state index in [0.717, 1.165) is 0 Å². The average Bonchev–Trinajstić information content (AvgIpc) is 2.24. The van der Waals surface area contributed by atoms with Crippen molar-refractivity contribution in [1.29, 1.82) is 0 Å². The van der Waals surface area contributed by atoms with Gasteiger partial charge in [-0.1, -0.05) is 0 Å². The van der Waals surface area contributed by atoms with Crippen LogP contribution in [0.25, 0.3) is 0 Å². The van der Waals surface area contributed by atoms with Crippen LogP contribution in [0, 0.1) is 6.92 Å². The first kappa shape index (κ1) is 13.0. The molecular weight excluding hydrogens is 232 g/mol. The van der Waals surface area contributed by atoms with Crippen LogP contribution < -0.4 is 11.1 Å². The van der Waals surface area contributed by atoms with Crippen LogP contribution in [0.4, 0.5) is 11.5 Å². The fourth-order valence-corrected chi connectivity index (χ4v) is 1.30. The molecule has 0 unspecified atom stereocenters. The Kier molecular flexibility index (Phi) is 5.24. The third-order valence-corrected chi connectivity index (χ3v) is 2.05. The topological polar surface area (TPSA) is 93.3 Å². The molecule has 1 rings (SSSR count). The Hall–Kier alpha value is -1.11. The molecule has 0 aliphatic rings. The van der Waals surface area contributed by atoms with Gasteiger partial charge < -0.3 is 20.9 Å². The van der Waals surface area contributed by atoms with Crippen LogP contribution in [0.3, 0.4) is 0 Å². The molecule has 0 fully saturated rings. The van der Waals surface area contributed by atoms with E-state index in [1.807, 2.05) is 0 Å². The van der Waals surface area contributed by atoms with Crippen molar-refractivity contribution in [3.8, 4) is 0 Å². The SMILES string of the molecule is Cc1nc(Cl)nc(NCCOCCO)c1N. The summed E-state index contributed by atoms with van der Waals surface area (Å²) in [5.41, 5.74) is 6.88. The molecule has 0 bridgehead atoms. The molecule has 0 spiro atoms. The maximum absolute atomic E-state index is 8.50. The third-order valence-electron chi connectivity index (χ3n) is 1.88. The Balaban J connectivity index is 2.47. The lowest BCUT2D eigenvalue weighted by molar-refractivity contribution is 0.0992. The summed E-state index contributed by atoms with van der Waals surface area (Å²) < 4.78 is 5.08. The zero-order valence-electron chi connectivity index (χ0n) is 9.03. The van der Waals surface area contributed by atoms with Gasteiger partial charge in [-0.3, -0.25) is 0 Å². The number of ether oxygens (including phenoxy) is 1. The first-order chi connectivity index (χ1) is 7.65. The second kappa shape index (κ2) is 6.47. The summed E-state index contributed by atoms with van der Waals surface area (Å²) in [5, 5.41) is 11.6. The third kappa shape index (κ3) is 3.80. The number of aliphatic hydroxyl groups excluding tert-OH is 1. The van der Waals surface area contributed by atoms with Crippen LogP contribution in [0.15, 0.2) is 0 Å². The number of nitrogens with one attached hydrogen (secondary N) is 1. The van der Waals surface area contributed by atoms with Gasteiger partial charge in [0.25, 0.3) is 0 Å². The highest BCUT2D eigenvalue weighted by molar-refractivity contribution is 6.28. The van der Waals surface area contributed by atoms with Gasteiger partial charge in [0.15, 0.2) is 5.82 Å². The Labute approximate surface area is 98.8 Å². The van der Waals surface area contributed by atoms with E-state index in [2.05, 4.69) is 15.3 Å². The molecule has 7 heteroatoms. The highest BCUT2D eigenvalue weighted by Crippen LogP contribution is 2.19. The van der Waals surface area contributed by atoms with Gasteiger partial charge in [-0.05, 0) is 18.5 Å². The monoisotopic (exact) mass is 246 g/mol. The van der Waals surface area contributed by atoms with Crippen LogP contribution in [-0.2, 0) is 4.74 Å². The van der Waals surface area contributed by atoms with Crippen molar-refractivity contribution in [2.45, 2.75) is 6.92 Å². The highest BCUT2D eigenvalue weighted by Gasteiger charge is 2.06. The van der Waals surface area contributed by atoms with E-state index in [9.17, 15) is 0 Å². The molecule has 0 aliphatic carbocycles. The molecule has 0 saturated heterocycles. The molecule has 1 aromatic rings. The Morgan fingerprint density at radius 2 is 2.19 bits per heavy atom. The van der Waals surface area contributed by atoms with Crippen molar-refractivity contribution in [3.05, 3.63) is 11.0 Å². The van der Waals surface area contributed by atoms with E-state index in [1.54, 1.807) is 6.92 Å². The molecule has 1 aromatic heterocycles. The molecule has 6 nitrogen and oxygen atoms in total. The number of aryl methyl sites for hydroxylation is 1. The van der Waals surface area contributed by atoms with Crippen LogP contribution in [-0.4, -0.2) is 41.4 Å². The van der Waals surface area contributed by atoms with Gasteiger partial charge in [-0.25, -0.2) is 4.98 Å². The van der Waals surface area contributed by atoms with E-state index in [0.29, 0.717) is 37.0 Å². The highest BCUT2D eigenvalue weighted by atomic mass is 35.5. The van der Waals surface area contributed by atoms with Crippen molar-refractivity contribution in [2.24, 2.45) is 0 Å².